The van der Waals surface area contributed by atoms with Crippen LogP contribution in [0, 0.1) is 6.92 Å². The lowest BCUT2D eigenvalue weighted by Gasteiger charge is -2.18. The number of hydrogen-bond donors (Lipinski definition) is 1. The van der Waals surface area contributed by atoms with E-state index >= 15 is 0 Å². The number of carbonyl (C=O) groups is 2. The highest BCUT2D eigenvalue weighted by Gasteiger charge is 2.42. The Morgan fingerprint density at radius 2 is 2.11 bits per heavy atom. The second-order valence-corrected chi connectivity index (χ2v) is 7.87. The molecule has 13 heteroatoms. The number of rotatable bonds is 9. The van der Waals surface area contributed by atoms with Gasteiger partial charge < -0.3 is 19.4 Å². The van der Waals surface area contributed by atoms with Crippen molar-refractivity contribution in [1.82, 2.24) is 19.9 Å². The van der Waals surface area contributed by atoms with Crippen molar-refractivity contribution >= 4 is 17.6 Å². The van der Waals surface area contributed by atoms with Crippen molar-refractivity contribution in [3.8, 4) is 5.88 Å². The molecule has 9 nitrogen and oxygen atoms in total. The van der Waals surface area contributed by atoms with Gasteiger partial charge in [-0.05, 0) is 24.6 Å². The normalized spacial score (nSPS) is 13.3. The second kappa shape index (κ2) is 9.68. The molecule has 0 unspecified atom stereocenters. The van der Waals surface area contributed by atoms with Gasteiger partial charge >= 0.3 is 12.3 Å². The molecule has 0 radical (unpaired) electrons. The number of alkyl halides is 4. The molecule has 1 N–H and O–H groups in total. The molecular formula is C22H19F4N5O4. The third-order valence-electron chi connectivity index (χ3n) is 5.19. The minimum absolute atomic E-state index is 0.0257. The molecule has 35 heavy (non-hydrogen) atoms. The monoisotopic (exact) mass is 493 g/mol. The largest absolute Gasteiger partial charge is 0.471 e. The number of nitrogens with one attached hydrogen (secondary N) is 1. The lowest BCUT2D eigenvalue weighted by Crippen LogP contribution is -2.34. The topological polar surface area (TPSA) is 110 Å². The van der Waals surface area contributed by atoms with Crippen molar-refractivity contribution in [1.29, 1.82) is 0 Å². The summed E-state index contributed by atoms with van der Waals surface area (Å²) in [5.41, 5.74) is 2.29. The highest BCUT2D eigenvalue weighted by atomic mass is 19.3. The third kappa shape index (κ3) is 5.39. The fourth-order valence-corrected chi connectivity index (χ4v) is 3.49. The van der Waals surface area contributed by atoms with Crippen LogP contribution in [0.1, 0.15) is 32.7 Å². The Labute approximate surface area is 196 Å². The molecule has 0 atom stereocenters. The molecule has 0 aromatic carbocycles. The first-order valence-electron chi connectivity index (χ1n) is 10.3. The van der Waals surface area contributed by atoms with Crippen LogP contribution in [0.4, 0.5) is 23.4 Å². The number of amides is 2. The zero-order valence-electron chi connectivity index (χ0n) is 18.3. The molecule has 0 aliphatic carbocycles. The zero-order valence-corrected chi connectivity index (χ0v) is 18.3. The van der Waals surface area contributed by atoms with Gasteiger partial charge in [0.05, 0.1) is 18.7 Å². The molecule has 1 aliphatic rings. The van der Waals surface area contributed by atoms with Gasteiger partial charge in [-0.25, -0.2) is 23.7 Å². The Kier molecular flexibility index (Phi) is 6.67. The number of halogens is 4. The van der Waals surface area contributed by atoms with Crippen LogP contribution in [0.3, 0.4) is 0 Å². The smallest absolute Gasteiger partial charge is 0.340 e. The summed E-state index contributed by atoms with van der Waals surface area (Å²) in [7, 11) is 0. The number of hydrogen-bond acceptors (Lipinski definition) is 7. The summed E-state index contributed by atoms with van der Waals surface area (Å²) < 4.78 is 60.5. The summed E-state index contributed by atoms with van der Waals surface area (Å²) >= 11 is 0. The number of aromatic nitrogens is 3. The van der Waals surface area contributed by atoms with E-state index in [-0.39, 0.29) is 43.0 Å². The third-order valence-corrected chi connectivity index (χ3v) is 5.19. The van der Waals surface area contributed by atoms with Gasteiger partial charge in [-0.1, -0.05) is 0 Å². The van der Waals surface area contributed by atoms with Crippen LogP contribution in [0.25, 0.3) is 0 Å². The maximum Gasteiger partial charge on any atom is 0.340 e. The molecule has 0 spiro atoms. The number of nitrogens with zero attached hydrogens (tertiary/aromatic N) is 4. The molecule has 0 saturated heterocycles. The van der Waals surface area contributed by atoms with E-state index < -0.39 is 19.0 Å². The average Bonchev–Trinajstić information content (AvgIpc) is 3.42. The number of fused-ring (bicyclic) bond motifs is 1. The molecular weight excluding hydrogens is 474 g/mol. The van der Waals surface area contributed by atoms with Gasteiger partial charge in [0.2, 0.25) is 11.8 Å². The number of ether oxygens (including phenoxy) is 1. The fraction of sp³-hybridized carbons (Fsp3) is 0.318. The number of anilines is 1. The summed E-state index contributed by atoms with van der Waals surface area (Å²) in [6, 6.07) is 3.12. The van der Waals surface area contributed by atoms with Crippen molar-refractivity contribution < 1.29 is 36.3 Å². The van der Waals surface area contributed by atoms with Crippen LogP contribution < -0.4 is 10.1 Å². The molecule has 0 bridgehead atoms. The van der Waals surface area contributed by atoms with Gasteiger partial charge in [0.15, 0.2) is 13.0 Å². The maximum absolute atomic E-state index is 13.1. The minimum Gasteiger partial charge on any atom is -0.471 e. The summed E-state index contributed by atoms with van der Waals surface area (Å²) in [5, 5.41) is 2.68. The summed E-state index contributed by atoms with van der Waals surface area (Å²) in [5.74, 6) is -4.91. The molecule has 1 aliphatic heterocycles. The van der Waals surface area contributed by atoms with Crippen LogP contribution in [-0.2, 0) is 24.3 Å². The quantitative estimate of drug-likeness (QED) is 0.455. The summed E-state index contributed by atoms with van der Waals surface area (Å²) in [6.07, 6.45) is 1.42. The molecule has 3 aromatic rings. The molecule has 184 valence electrons. The van der Waals surface area contributed by atoms with Gasteiger partial charge in [0.25, 0.3) is 5.91 Å². The van der Waals surface area contributed by atoms with Crippen molar-refractivity contribution in [3.63, 3.8) is 0 Å². The Hall–Kier alpha value is -4.03. The Balaban J connectivity index is 1.42. The van der Waals surface area contributed by atoms with Gasteiger partial charge in [-0.2, -0.15) is 8.78 Å². The number of carbonyl (C=O) groups excluding carboxylic acids is 2. The Morgan fingerprint density at radius 1 is 1.31 bits per heavy atom. The molecule has 0 fully saturated rings. The first kappa shape index (κ1) is 24.1. The summed E-state index contributed by atoms with van der Waals surface area (Å²) in [4.78, 5) is 38.7. The summed E-state index contributed by atoms with van der Waals surface area (Å²) in [6.45, 7) is 0.315. The molecule has 4 rings (SSSR count). The lowest BCUT2D eigenvalue weighted by molar-refractivity contribution is -0.148. The van der Waals surface area contributed by atoms with E-state index in [2.05, 4.69) is 20.3 Å². The van der Waals surface area contributed by atoms with E-state index in [4.69, 9.17) is 9.15 Å². The highest BCUT2D eigenvalue weighted by molar-refractivity contribution is 6.01. The standard InChI is InChI=1S/C22H19F4N5O4/c1-12-4-13(6-28-19(12)35-10-22(25,26)21(23)24)7-31-8-16-15(20(31)33)2-3-27-18(16)30-17(32)5-14-9-34-11-29-14/h2-4,6,9,11,21H,5,7-8,10H2,1H3,(H,27,30,32). The fourth-order valence-electron chi connectivity index (χ4n) is 3.49. The maximum atomic E-state index is 13.1. The lowest BCUT2D eigenvalue weighted by atomic mass is 10.1. The first-order chi connectivity index (χ1) is 16.6. The molecule has 0 saturated carbocycles. The molecule has 2 amide bonds. The zero-order chi connectivity index (χ0) is 25.2. The van der Waals surface area contributed by atoms with Crippen molar-refractivity contribution in [3.05, 3.63) is 65.1 Å². The Bertz CT molecular complexity index is 1240. The van der Waals surface area contributed by atoms with Gasteiger partial charge in [0, 0.05) is 35.6 Å². The predicted octanol–water partition coefficient (Wildman–Crippen LogP) is 3.39. The van der Waals surface area contributed by atoms with Crippen LogP contribution in [0.15, 0.2) is 41.6 Å². The van der Waals surface area contributed by atoms with E-state index in [0.717, 1.165) is 0 Å². The minimum atomic E-state index is -4.29. The second-order valence-electron chi connectivity index (χ2n) is 7.87. The van der Waals surface area contributed by atoms with Crippen LogP contribution in [-0.4, -0.2) is 50.6 Å². The molecule has 4 heterocycles. The van der Waals surface area contributed by atoms with E-state index in [1.54, 1.807) is 12.1 Å². The number of oxazole rings is 1. The van der Waals surface area contributed by atoms with E-state index in [0.29, 0.717) is 27.9 Å². The van der Waals surface area contributed by atoms with E-state index in [9.17, 15) is 27.2 Å². The highest BCUT2D eigenvalue weighted by Crippen LogP contribution is 2.30. The van der Waals surface area contributed by atoms with Gasteiger partial charge in [-0.15, -0.1) is 0 Å². The van der Waals surface area contributed by atoms with Crippen LogP contribution in [0.2, 0.25) is 0 Å². The van der Waals surface area contributed by atoms with E-state index in [1.165, 1.54) is 36.9 Å². The van der Waals surface area contributed by atoms with Crippen molar-refractivity contribution in [2.75, 3.05) is 11.9 Å². The van der Waals surface area contributed by atoms with Crippen molar-refractivity contribution in [2.45, 2.75) is 38.8 Å². The SMILES string of the molecule is Cc1cc(CN2Cc3c(ccnc3NC(=O)Cc3cocn3)C2=O)cnc1OCC(F)(F)C(F)F. The number of aryl methyl sites for hydroxylation is 1. The molecule has 3 aromatic heterocycles. The predicted molar refractivity (Wildman–Crippen MR) is 112 cm³/mol. The average molecular weight is 493 g/mol. The van der Waals surface area contributed by atoms with Gasteiger partial charge in [-0.3, -0.25) is 9.59 Å². The first-order valence-corrected chi connectivity index (χ1v) is 10.3. The van der Waals surface area contributed by atoms with E-state index in [1.807, 2.05) is 0 Å². The number of pyridine rings is 2. The van der Waals surface area contributed by atoms with Crippen LogP contribution in [0.5, 0.6) is 5.88 Å². The van der Waals surface area contributed by atoms with Crippen LogP contribution >= 0.6 is 0 Å². The van der Waals surface area contributed by atoms with Crippen molar-refractivity contribution in [2.24, 2.45) is 0 Å². The Morgan fingerprint density at radius 3 is 2.80 bits per heavy atom. The van der Waals surface area contributed by atoms with Gasteiger partial charge in [0.1, 0.15) is 12.1 Å².